The maximum absolute atomic E-state index is 12.4. The second kappa shape index (κ2) is 6.73. The van der Waals surface area contributed by atoms with Gasteiger partial charge in [-0.15, -0.1) is 0 Å². The van der Waals surface area contributed by atoms with Crippen LogP contribution in [0.15, 0.2) is 12.1 Å². The van der Waals surface area contributed by atoms with Crippen molar-refractivity contribution in [1.29, 1.82) is 0 Å². The van der Waals surface area contributed by atoms with Gasteiger partial charge in [0.25, 0.3) is 11.8 Å². The number of nitrogens with zero attached hydrogens (tertiary/aromatic N) is 1. The van der Waals surface area contributed by atoms with Crippen molar-refractivity contribution >= 4 is 40.9 Å². The zero-order valence-corrected chi connectivity index (χ0v) is 14.8. The first kappa shape index (κ1) is 17.2. The second-order valence-electron chi connectivity index (χ2n) is 6.53. The lowest BCUT2D eigenvalue weighted by Crippen LogP contribution is -2.45. The van der Waals surface area contributed by atoms with Crippen molar-refractivity contribution in [2.75, 3.05) is 6.54 Å². The zero-order chi connectivity index (χ0) is 17.4. The molecule has 0 spiro atoms. The Morgan fingerprint density at radius 2 is 1.58 bits per heavy atom. The Bertz CT molecular complexity index is 671. The van der Waals surface area contributed by atoms with Crippen molar-refractivity contribution in [2.45, 2.75) is 38.6 Å². The molecule has 3 amide bonds. The lowest BCUT2D eigenvalue weighted by atomic mass is 9.87. The molecule has 24 heavy (non-hydrogen) atoms. The largest absolute Gasteiger partial charge is 0.352 e. The summed E-state index contributed by atoms with van der Waals surface area (Å²) in [7, 11) is 0. The van der Waals surface area contributed by atoms with Crippen LogP contribution in [0, 0.1) is 5.92 Å². The molecular weight excluding hydrogens is 351 g/mol. The minimum atomic E-state index is -0.513. The van der Waals surface area contributed by atoms with Crippen molar-refractivity contribution in [1.82, 2.24) is 10.2 Å². The predicted molar refractivity (Wildman–Crippen MR) is 91.4 cm³/mol. The van der Waals surface area contributed by atoms with Crippen LogP contribution in [-0.2, 0) is 4.79 Å². The Hall–Kier alpha value is -1.59. The van der Waals surface area contributed by atoms with Crippen molar-refractivity contribution in [3.8, 4) is 0 Å². The molecule has 3 rings (SSSR count). The number of imide groups is 1. The Morgan fingerprint density at radius 1 is 1.08 bits per heavy atom. The molecule has 0 radical (unpaired) electrons. The minimum absolute atomic E-state index is 0.118. The van der Waals surface area contributed by atoms with E-state index >= 15 is 0 Å². The molecule has 0 aromatic heterocycles. The SMILES string of the molecule is CC1CCC(NC(=O)CN2C(=O)c3cc(Cl)c(Cl)cc3C2=O)CC1. The van der Waals surface area contributed by atoms with Crippen LogP contribution < -0.4 is 5.32 Å². The molecular formula is C17H18Cl2N2O3. The second-order valence-corrected chi connectivity index (χ2v) is 7.35. The number of nitrogens with one attached hydrogen (secondary N) is 1. The van der Waals surface area contributed by atoms with E-state index in [1.165, 1.54) is 12.1 Å². The minimum Gasteiger partial charge on any atom is -0.352 e. The van der Waals surface area contributed by atoms with E-state index in [9.17, 15) is 14.4 Å². The predicted octanol–water partition coefficient (Wildman–Crippen LogP) is 3.28. The van der Waals surface area contributed by atoms with E-state index in [-0.39, 0.29) is 39.7 Å². The van der Waals surface area contributed by atoms with E-state index in [0.29, 0.717) is 5.92 Å². The summed E-state index contributed by atoms with van der Waals surface area (Å²) in [4.78, 5) is 37.9. The normalized spacial score (nSPS) is 23.4. The molecule has 5 nitrogen and oxygen atoms in total. The monoisotopic (exact) mass is 368 g/mol. The molecule has 1 fully saturated rings. The summed E-state index contributed by atoms with van der Waals surface area (Å²) in [5, 5.41) is 3.33. The van der Waals surface area contributed by atoms with Gasteiger partial charge >= 0.3 is 0 Å². The number of amides is 3. The number of halogens is 2. The zero-order valence-electron chi connectivity index (χ0n) is 13.3. The van der Waals surface area contributed by atoms with Crippen LogP contribution in [0.2, 0.25) is 10.0 Å². The molecule has 1 aromatic rings. The number of carbonyl (C=O) groups is 3. The Labute approximate surface area is 150 Å². The van der Waals surface area contributed by atoms with Gasteiger partial charge in [0.1, 0.15) is 6.54 Å². The average Bonchev–Trinajstić information content (AvgIpc) is 2.75. The van der Waals surface area contributed by atoms with Crippen LogP contribution in [0.3, 0.4) is 0 Å². The van der Waals surface area contributed by atoms with Crippen LogP contribution >= 0.6 is 23.2 Å². The highest BCUT2D eigenvalue weighted by atomic mass is 35.5. The van der Waals surface area contributed by atoms with Crippen LogP contribution in [0.4, 0.5) is 0 Å². The molecule has 1 heterocycles. The van der Waals surface area contributed by atoms with E-state index in [2.05, 4.69) is 12.2 Å². The molecule has 1 aliphatic heterocycles. The van der Waals surface area contributed by atoms with Crippen LogP contribution in [0.5, 0.6) is 0 Å². The van der Waals surface area contributed by atoms with Gasteiger partial charge in [-0.05, 0) is 43.7 Å². The summed E-state index contributed by atoms with van der Waals surface area (Å²) in [6.07, 6.45) is 4.02. The molecule has 2 aliphatic rings. The fourth-order valence-corrected chi connectivity index (χ4v) is 3.58. The van der Waals surface area contributed by atoms with Gasteiger partial charge in [0, 0.05) is 6.04 Å². The standard InChI is InChI=1S/C17H18Cl2N2O3/c1-9-2-4-10(5-3-9)20-15(22)8-21-16(23)11-6-13(18)14(19)7-12(11)17(21)24/h6-7,9-10H,2-5,8H2,1H3,(H,20,22). The fourth-order valence-electron chi connectivity index (χ4n) is 3.25. The van der Waals surface area contributed by atoms with Crippen LogP contribution in [0.25, 0.3) is 0 Å². The third-order valence-corrected chi connectivity index (χ3v) is 5.42. The Balaban J connectivity index is 1.67. The smallest absolute Gasteiger partial charge is 0.262 e. The number of hydrogen-bond donors (Lipinski definition) is 1. The van der Waals surface area contributed by atoms with E-state index in [0.717, 1.165) is 30.6 Å². The Morgan fingerprint density at radius 3 is 2.08 bits per heavy atom. The van der Waals surface area contributed by atoms with E-state index < -0.39 is 11.8 Å². The average molecular weight is 369 g/mol. The first-order chi connectivity index (χ1) is 11.4. The highest BCUT2D eigenvalue weighted by Crippen LogP contribution is 2.31. The molecule has 128 valence electrons. The van der Waals surface area contributed by atoms with Crippen molar-refractivity contribution < 1.29 is 14.4 Å². The lowest BCUT2D eigenvalue weighted by molar-refractivity contribution is -0.122. The number of carbonyl (C=O) groups excluding carboxylic acids is 3. The van der Waals surface area contributed by atoms with Gasteiger partial charge in [0.2, 0.25) is 5.91 Å². The third-order valence-electron chi connectivity index (χ3n) is 4.69. The molecule has 0 unspecified atom stereocenters. The molecule has 7 heteroatoms. The highest BCUT2D eigenvalue weighted by Gasteiger charge is 2.37. The van der Waals surface area contributed by atoms with Crippen molar-refractivity contribution in [3.05, 3.63) is 33.3 Å². The Kier molecular flexibility index (Phi) is 4.83. The third kappa shape index (κ3) is 3.28. The van der Waals surface area contributed by atoms with Gasteiger partial charge in [-0.25, -0.2) is 0 Å². The van der Waals surface area contributed by atoms with Gasteiger partial charge < -0.3 is 5.32 Å². The molecule has 1 aromatic carbocycles. The van der Waals surface area contributed by atoms with Gasteiger partial charge in [-0.2, -0.15) is 0 Å². The van der Waals surface area contributed by atoms with Gasteiger partial charge in [-0.3, -0.25) is 19.3 Å². The molecule has 0 bridgehead atoms. The number of fused-ring (bicyclic) bond motifs is 1. The van der Waals surface area contributed by atoms with Crippen molar-refractivity contribution in [2.24, 2.45) is 5.92 Å². The number of benzene rings is 1. The summed E-state index contributed by atoms with van der Waals surface area (Å²) in [6.45, 7) is 1.92. The van der Waals surface area contributed by atoms with E-state index in [4.69, 9.17) is 23.2 Å². The summed E-state index contributed by atoms with van der Waals surface area (Å²) in [6, 6.07) is 2.87. The van der Waals surface area contributed by atoms with Gasteiger partial charge in [0.15, 0.2) is 0 Å². The summed E-state index contributed by atoms with van der Waals surface area (Å²) in [5.41, 5.74) is 0.377. The molecule has 0 saturated heterocycles. The highest BCUT2D eigenvalue weighted by molar-refractivity contribution is 6.43. The quantitative estimate of drug-likeness (QED) is 0.832. The maximum atomic E-state index is 12.4. The molecule has 0 atom stereocenters. The molecule has 1 N–H and O–H groups in total. The number of rotatable bonds is 3. The molecule has 1 aliphatic carbocycles. The van der Waals surface area contributed by atoms with Gasteiger partial charge in [0.05, 0.1) is 21.2 Å². The summed E-state index contributed by atoms with van der Waals surface area (Å²) in [5.74, 6) is -0.660. The maximum Gasteiger partial charge on any atom is 0.262 e. The fraction of sp³-hybridized carbons (Fsp3) is 0.471. The van der Waals surface area contributed by atoms with Crippen LogP contribution in [0.1, 0.15) is 53.3 Å². The van der Waals surface area contributed by atoms with Gasteiger partial charge in [-0.1, -0.05) is 30.1 Å². The van der Waals surface area contributed by atoms with Crippen molar-refractivity contribution in [3.63, 3.8) is 0 Å². The number of hydrogen-bond acceptors (Lipinski definition) is 3. The first-order valence-corrected chi connectivity index (χ1v) is 8.77. The topological polar surface area (TPSA) is 66.5 Å². The summed E-state index contributed by atoms with van der Waals surface area (Å²) >= 11 is 11.8. The van der Waals surface area contributed by atoms with E-state index in [1.54, 1.807) is 0 Å². The van der Waals surface area contributed by atoms with E-state index in [1.807, 2.05) is 0 Å². The molecule has 1 saturated carbocycles. The van der Waals surface area contributed by atoms with Crippen LogP contribution in [-0.4, -0.2) is 35.2 Å². The summed E-state index contributed by atoms with van der Waals surface area (Å²) < 4.78 is 0. The first-order valence-electron chi connectivity index (χ1n) is 8.01. The lowest BCUT2D eigenvalue weighted by Gasteiger charge is -2.27.